The van der Waals surface area contributed by atoms with Gasteiger partial charge in [-0.05, 0) is 60.3 Å². The lowest BCUT2D eigenvalue weighted by atomic mass is 10.1. The van der Waals surface area contributed by atoms with Gasteiger partial charge in [0.1, 0.15) is 17.9 Å². The van der Waals surface area contributed by atoms with E-state index in [-0.39, 0.29) is 34.2 Å². The first kappa shape index (κ1) is 25.7. The molecule has 12 heteroatoms. The van der Waals surface area contributed by atoms with Crippen LogP contribution in [0.15, 0.2) is 76.8 Å². The number of carbonyl (C=O) groups excluding carboxylic acids is 2. The van der Waals surface area contributed by atoms with Crippen molar-refractivity contribution in [2.75, 3.05) is 4.90 Å². The van der Waals surface area contributed by atoms with Crippen molar-refractivity contribution >= 4 is 68.5 Å². The normalized spacial score (nSPS) is 14.5. The van der Waals surface area contributed by atoms with Crippen LogP contribution in [-0.4, -0.2) is 32.9 Å². The molecule has 2 N–H and O–H groups in total. The van der Waals surface area contributed by atoms with Crippen molar-refractivity contribution in [2.24, 2.45) is 0 Å². The van der Waals surface area contributed by atoms with Gasteiger partial charge >= 0.3 is 5.97 Å². The van der Waals surface area contributed by atoms with Gasteiger partial charge in [0.2, 0.25) is 0 Å². The van der Waals surface area contributed by atoms with Gasteiger partial charge in [-0.2, -0.15) is 0 Å². The minimum atomic E-state index is -1.18. The molecule has 10 nitrogen and oxygen atoms in total. The first-order chi connectivity index (χ1) is 17.6. The number of carbonyl (C=O) groups is 3. The molecule has 2 amide bonds. The van der Waals surface area contributed by atoms with Gasteiger partial charge in [-0.25, -0.2) is 4.79 Å². The second-order valence-corrected chi connectivity index (χ2v) is 9.01. The van der Waals surface area contributed by atoms with Crippen LogP contribution in [0.2, 0.25) is 0 Å². The number of non-ortho nitro benzene ring substituents is 1. The first-order valence-electron chi connectivity index (χ1n) is 10.5. The third kappa shape index (κ3) is 5.71. The summed E-state index contributed by atoms with van der Waals surface area (Å²) in [7, 11) is 0. The zero-order valence-electron chi connectivity index (χ0n) is 18.7. The van der Waals surface area contributed by atoms with Gasteiger partial charge in [0.25, 0.3) is 17.5 Å². The number of ether oxygens (including phenoxy) is 1. The van der Waals surface area contributed by atoms with E-state index in [1.54, 1.807) is 30.3 Å². The Balaban J connectivity index is 1.67. The molecule has 4 rings (SSSR count). The predicted molar refractivity (Wildman–Crippen MR) is 141 cm³/mol. The Morgan fingerprint density at radius 2 is 1.89 bits per heavy atom. The molecule has 3 aromatic carbocycles. The second-order valence-electron chi connectivity index (χ2n) is 7.71. The monoisotopic (exact) mass is 581 g/mol. The lowest BCUT2D eigenvalue weighted by Gasteiger charge is -2.29. The highest BCUT2D eigenvalue weighted by atomic mass is 79.9. The maximum atomic E-state index is 13.4. The van der Waals surface area contributed by atoms with Crippen molar-refractivity contribution in [3.05, 3.63) is 104 Å². The summed E-state index contributed by atoms with van der Waals surface area (Å²) < 4.78 is 6.51. The van der Waals surface area contributed by atoms with Crippen LogP contribution in [0.25, 0.3) is 6.08 Å². The van der Waals surface area contributed by atoms with Gasteiger partial charge in [-0.1, -0.05) is 34.1 Å². The van der Waals surface area contributed by atoms with Crippen LogP contribution in [0.5, 0.6) is 5.75 Å². The minimum absolute atomic E-state index is 0.00216. The van der Waals surface area contributed by atoms with E-state index in [4.69, 9.17) is 17.0 Å². The maximum absolute atomic E-state index is 13.4. The Hall–Kier alpha value is -4.42. The van der Waals surface area contributed by atoms with Crippen LogP contribution in [-0.2, 0) is 16.2 Å². The highest BCUT2D eigenvalue weighted by molar-refractivity contribution is 9.10. The Labute approximate surface area is 223 Å². The van der Waals surface area contributed by atoms with Crippen LogP contribution in [0.3, 0.4) is 0 Å². The van der Waals surface area contributed by atoms with E-state index in [0.29, 0.717) is 21.3 Å². The van der Waals surface area contributed by atoms with Crippen LogP contribution in [0, 0.1) is 10.1 Å². The van der Waals surface area contributed by atoms with Crippen molar-refractivity contribution in [3.63, 3.8) is 0 Å². The summed E-state index contributed by atoms with van der Waals surface area (Å²) in [6, 6.07) is 16.5. The molecule has 37 heavy (non-hydrogen) atoms. The summed E-state index contributed by atoms with van der Waals surface area (Å²) in [4.78, 5) is 49.0. The van der Waals surface area contributed by atoms with Crippen molar-refractivity contribution in [2.45, 2.75) is 6.61 Å². The number of nitro benzene ring substituents is 1. The molecule has 3 aromatic rings. The third-order valence-corrected chi connectivity index (χ3v) is 6.02. The summed E-state index contributed by atoms with van der Waals surface area (Å²) in [5, 5.41) is 22.6. The average Bonchev–Trinajstić information content (AvgIpc) is 2.86. The Morgan fingerprint density at radius 3 is 2.62 bits per heavy atom. The number of rotatable bonds is 7. The quantitative estimate of drug-likeness (QED) is 0.137. The van der Waals surface area contributed by atoms with E-state index >= 15 is 0 Å². The van der Waals surface area contributed by atoms with Crippen molar-refractivity contribution in [1.29, 1.82) is 0 Å². The SMILES string of the molecule is O=C1NC(=S)N(c2cccc(C(=O)O)c2)C(=O)C1=Cc1cc(Br)ccc1OCc1cccc([N+](=O)[O-])c1. The minimum Gasteiger partial charge on any atom is -0.488 e. The molecule has 1 saturated heterocycles. The second kappa shape index (κ2) is 10.7. The highest BCUT2D eigenvalue weighted by Gasteiger charge is 2.35. The molecule has 186 valence electrons. The number of halogens is 1. The zero-order chi connectivity index (χ0) is 26.7. The average molecular weight is 582 g/mol. The van der Waals surface area contributed by atoms with Crippen LogP contribution < -0.4 is 15.0 Å². The zero-order valence-corrected chi connectivity index (χ0v) is 21.1. The standard InChI is InChI=1S/C25H16BrN3O7S/c26-17-7-8-21(36-13-14-3-1-6-19(9-14)29(34)35)16(10-17)12-20-22(30)27-25(37)28(23(20)31)18-5-2-4-15(11-18)24(32)33/h1-12H,13H2,(H,32,33)(H,27,30,37). The molecule has 0 radical (unpaired) electrons. The van der Waals surface area contributed by atoms with Crippen molar-refractivity contribution in [1.82, 2.24) is 5.32 Å². The number of nitro groups is 1. The molecule has 0 aromatic heterocycles. The fraction of sp³-hybridized carbons (Fsp3) is 0.0400. The van der Waals surface area contributed by atoms with Crippen LogP contribution in [0.4, 0.5) is 11.4 Å². The number of nitrogens with one attached hydrogen (secondary N) is 1. The number of nitrogens with zero attached hydrogens (tertiary/aromatic N) is 2. The largest absolute Gasteiger partial charge is 0.488 e. The number of carboxylic acids is 1. The molecule has 0 unspecified atom stereocenters. The molecule has 1 fully saturated rings. The Bertz CT molecular complexity index is 1510. The van der Waals surface area contributed by atoms with E-state index in [0.717, 1.165) is 4.90 Å². The molecule has 1 aliphatic heterocycles. The summed E-state index contributed by atoms with van der Waals surface area (Å²) >= 11 is 8.54. The number of carboxylic acid groups (broad SMARTS) is 1. The summed E-state index contributed by atoms with van der Waals surface area (Å²) in [6.45, 7) is -0.00216. The fourth-order valence-electron chi connectivity index (χ4n) is 3.51. The van der Waals surface area contributed by atoms with E-state index in [1.807, 2.05) is 0 Å². The van der Waals surface area contributed by atoms with E-state index in [2.05, 4.69) is 21.2 Å². The molecule has 0 atom stereocenters. The topological polar surface area (TPSA) is 139 Å². The van der Waals surface area contributed by atoms with E-state index < -0.39 is 22.7 Å². The van der Waals surface area contributed by atoms with Crippen molar-refractivity contribution < 1.29 is 29.2 Å². The number of hydrogen-bond donors (Lipinski definition) is 2. The Kier molecular flexibility index (Phi) is 7.41. The molecule has 0 saturated carbocycles. The number of amides is 2. The van der Waals surface area contributed by atoms with Crippen molar-refractivity contribution in [3.8, 4) is 5.75 Å². The lowest BCUT2D eigenvalue weighted by Crippen LogP contribution is -2.54. The first-order valence-corrected chi connectivity index (χ1v) is 11.7. The van der Waals surface area contributed by atoms with Gasteiger partial charge in [0.15, 0.2) is 5.11 Å². The van der Waals surface area contributed by atoms with Gasteiger partial charge in [0, 0.05) is 22.2 Å². The van der Waals surface area contributed by atoms with Crippen LogP contribution in [0.1, 0.15) is 21.5 Å². The molecule has 0 bridgehead atoms. The Morgan fingerprint density at radius 1 is 1.14 bits per heavy atom. The molecule has 0 aliphatic carbocycles. The number of anilines is 1. The smallest absolute Gasteiger partial charge is 0.335 e. The third-order valence-electron chi connectivity index (χ3n) is 5.24. The summed E-state index contributed by atoms with van der Waals surface area (Å²) in [5.41, 5.74) is 0.721. The van der Waals surface area contributed by atoms with Crippen LogP contribution >= 0.6 is 28.1 Å². The highest BCUT2D eigenvalue weighted by Crippen LogP contribution is 2.29. The molecule has 1 aliphatic rings. The number of aromatic carboxylic acids is 1. The summed E-state index contributed by atoms with van der Waals surface area (Å²) in [6.07, 6.45) is 1.33. The molecule has 0 spiro atoms. The molecular formula is C25H16BrN3O7S. The van der Waals surface area contributed by atoms with E-state index in [9.17, 15) is 29.6 Å². The predicted octanol–water partition coefficient (Wildman–Crippen LogP) is 4.47. The van der Waals surface area contributed by atoms with Gasteiger partial charge in [-0.3, -0.25) is 29.9 Å². The lowest BCUT2D eigenvalue weighted by molar-refractivity contribution is -0.384. The maximum Gasteiger partial charge on any atom is 0.335 e. The summed E-state index contributed by atoms with van der Waals surface area (Å²) in [5.74, 6) is -2.35. The van der Waals surface area contributed by atoms with Gasteiger partial charge in [0.05, 0.1) is 16.2 Å². The fourth-order valence-corrected chi connectivity index (χ4v) is 4.17. The molecule has 1 heterocycles. The number of benzene rings is 3. The number of thiocarbonyl (C=S) groups is 1. The number of hydrogen-bond acceptors (Lipinski definition) is 7. The van der Waals surface area contributed by atoms with Gasteiger partial charge < -0.3 is 9.84 Å². The van der Waals surface area contributed by atoms with E-state index in [1.165, 1.54) is 42.5 Å². The van der Waals surface area contributed by atoms with Gasteiger partial charge in [-0.15, -0.1) is 0 Å². The molecular weight excluding hydrogens is 566 g/mol.